The third-order valence-electron chi connectivity index (χ3n) is 6.94. The number of nitrogens with one attached hydrogen (secondary N) is 6. The number of hydrazone groups is 1. The van der Waals surface area contributed by atoms with E-state index in [-0.39, 0.29) is 37.5 Å². The van der Waals surface area contributed by atoms with Crippen LogP contribution in [0.2, 0.25) is 0 Å². The van der Waals surface area contributed by atoms with Crippen molar-refractivity contribution in [1.29, 1.82) is 0 Å². The highest BCUT2D eigenvalue weighted by Crippen LogP contribution is 2.12. The summed E-state index contributed by atoms with van der Waals surface area (Å²) in [6, 6.07) is 3.63. The number of hydrogen-bond donors (Lipinski definition) is 8. The molecule has 0 spiro atoms. The Morgan fingerprint density at radius 1 is 0.804 bits per heavy atom. The monoisotopic (exact) mass is 645 g/mol. The minimum Gasteiger partial charge on any atom is -0.370 e. The highest BCUT2D eigenvalue weighted by molar-refractivity contribution is 5.96. The van der Waals surface area contributed by atoms with E-state index in [1.807, 2.05) is 6.92 Å². The maximum Gasteiger partial charge on any atom is 0.339 e. The van der Waals surface area contributed by atoms with Crippen LogP contribution in [-0.4, -0.2) is 71.9 Å². The van der Waals surface area contributed by atoms with Crippen LogP contribution >= 0.6 is 0 Å². The zero-order valence-electron chi connectivity index (χ0n) is 26.9. The number of rotatable bonds is 19. The summed E-state index contributed by atoms with van der Waals surface area (Å²) in [4.78, 5) is 87.0. The number of urea groups is 1. The summed E-state index contributed by atoms with van der Waals surface area (Å²) < 4.78 is 0. The molecule has 0 unspecified atom stereocenters. The number of nitrogens with two attached hydrogens (primary N) is 2. The fourth-order valence-corrected chi connectivity index (χ4v) is 4.20. The van der Waals surface area contributed by atoms with Crippen LogP contribution in [0, 0.1) is 11.8 Å². The molecule has 8 amide bonds. The molecule has 0 heterocycles. The third kappa shape index (κ3) is 14.6. The minimum atomic E-state index is -1.30. The summed E-state index contributed by atoms with van der Waals surface area (Å²) in [6.07, 6.45) is 1.57. The van der Waals surface area contributed by atoms with E-state index in [1.54, 1.807) is 51.1 Å². The van der Waals surface area contributed by atoms with Gasteiger partial charge in [0.05, 0.1) is 0 Å². The van der Waals surface area contributed by atoms with Crippen LogP contribution in [-0.2, 0) is 28.8 Å². The highest BCUT2D eigenvalue weighted by Gasteiger charge is 2.33. The van der Waals surface area contributed by atoms with Crippen LogP contribution in [0.4, 0.5) is 10.5 Å². The fraction of sp³-hybridized carbons (Fsp3) is 0.533. The second-order valence-electron chi connectivity index (χ2n) is 11.1. The number of anilines is 1. The normalized spacial score (nSPS) is 14.2. The van der Waals surface area contributed by atoms with Crippen molar-refractivity contribution in [2.75, 3.05) is 5.32 Å². The molecule has 0 aliphatic rings. The van der Waals surface area contributed by atoms with E-state index >= 15 is 0 Å². The zero-order valence-corrected chi connectivity index (χ0v) is 26.9. The van der Waals surface area contributed by atoms with E-state index in [1.165, 1.54) is 13.1 Å². The molecule has 0 bridgehead atoms. The molecule has 10 N–H and O–H groups in total. The van der Waals surface area contributed by atoms with Gasteiger partial charge in [-0.3, -0.25) is 28.8 Å². The summed E-state index contributed by atoms with van der Waals surface area (Å²) in [7, 11) is 0. The third-order valence-corrected chi connectivity index (χ3v) is 6.94. The molecular weight excluding hydrogens is 598 g/mol. The lowest BCUT2D eigenvalue weighted by Gasteiger charge is -2.29. The van der Waals surface area contributed by atoms with E-state index < -0.39 is 65.6 Å². The van der Waals surface area contributed by atoms with Crippen molar-refractivity contribution in [3.63, 3.8) is 0 Å². The maximum atomic E-state index is 13.4. The summed E-state index contributed by atoms with van der Waals surface area (Å²) in [5.74, 6) is -4.80. The Hall–Kier alpha value is -5.02. The number of hydrogen-bond acceptors (Lipinski definition) is 8. The minimum absolute atomic E-state index is 0.0443. The van der Waals surface area contributed by atoms with E-state index in [4.69, 9.17) is 11.5 Å². The van der Waals surface area contributed by atoms with Gasteiger partial charge < -0.3 is 38.1 Å². The second-order valence-corrected chi connectivity index (χ2v) is 11.1. The van der Waals surface area contributed by atoms with Crippen LogP contribution < -0.4 is 43.5 Å². The second kappa shape index (κ2) is 20.1. The molecule has 1 rings (SSSR count). The summed E-state index contributed by atoms with van der Waals surface area (Å²) in [5, 5.41) is 16.7. The van der Waals surface area contributed by atoms with Gasteiger partial charge in [-0.25, -0.2) is 10.2 Å². The van der Waals surface area contributed by atoms with Crippen molar-refractivity contribution in [3.05, 3.63) is 30.3 Å². The van der Waals surface area contributed by atoms with Crippen LogP contribution in [0.3, 0.4) is 0 Å². The predicted octanol–water partition coefficient (Wildman–Crippen LogP) is -0.0139. The molecular formula is C30H47N9O7. The molecule has 0 aliphatic heterocycles. The summed E-state index contributed by atoms with van der Waals surface area (Å²) >= 11 is 0. The van der Waals surface area contributed by atoms with Crippen LogP contribution in [0.25, 0.3) is 0 Å². The molecule has 46 heavy (non-hydrogen) atoms. The van der Waals surface area contributed by atoms with Crippen molar-refractivity contribution in [2.45, 2.75) is 90.9 Å². The Morgan fingerprint density at radius 3 is 1.93 bits per heavy atom. The number of primary amides is 2. The van der Waals surface area contributed by atoms with E-state index in [0.29, 0.717) is 12.1 Å². The van der Waals surface area contributed by atoms with Crippen LogP contribution in [0.1, 0.15) is 66.7 Å². The van der Waals surface area contributed by atoms with E-state index in [9.17, 15) is 33.6 Å². The van der Waals surface area contributed by atoms with Crippen molar-refractivity contribution < 1.29 is 33.6 Å². The van der Waals surface area contributed by atoms with Crippen molar-refractivity contribution in [1.82, 2.24) is 26.7 Å². The van der Waals surface area contributed by atoms with Crippen LogP contribution in [0.5, 0.6) is 0 Å². The molecule has 254 valence electrons. The number of carbonyl (C=O) groups excluding carboxylic acids is 7. The Bertz CT molecular complexity index is 1240. The molecule has 5 atom stereocenters. The first kappa shape index (κ1) is 39.0. The van der Waals surface area contributed by atoms with E-state index in [2.05, 4.69) is 37.1 Å². The smallest absolute Gasteiger partial charge is 0.339 e. The zero-order chi connectivity index (χ0) is 34.8. The summed E-state index contributed by atoms with van der Waals surface area (Å²) in [5.41, 5.74) is 13.6. The number of para-hydroxylation sites is 1. The fourth-order valence-electron chi connectivity index (χ4n) is 4.20. The van der Waals surface area contributed by atoms with Gasteiger partial charge in [-0.15, -0.1) is 0 Å². The Kier molecular flexibility index (Phi) is 17.0. The topological polar surface area (TPSA) is 256 Å². The Labute approximate surface area is 268 Å². The number of nitrogens with zero attached hydrogens (tertiary/aromatic N) is 1. The van der Waals surface area contributed by atoms with Gasteiger partial charge in [0, 0.05) is 25.2 Å². The van der Waals surface area contributed by atoms with Crippen LogP contribution in [0.15, 0.2) is 35.4 Å². The number of benzene rings is 1. The molecule has 0 fully saturated rings. The SMILES string of the molecule is CC[C@@H](C)[C@H](NC(=O)[C@H](CCC(N)=O)NC(=O)[C@H](CC/C=N\NC(=O)Nc1ccccc1)NC(C)=O)C(=O)N[C@H](C(N)=O)C(C)C. The molecule has 0 saturated carbocycles. The average molecular weight is 646 g/mol. The Balaban J connectivity index is 2.99. The van der Waals surface area contributed by atoms with Gasteiger partial charge in [0.15, 0.2) is 0 Å². The maximum absolute atomic E-state index is 13.4. The molecule has 1 aromatic carbocycles. The van der Waals surface area contributed by atoms with Gasteiger partial charge in [0.2, 0.25) is 35.4 Å². The lowest BCUT2D eigenvalue weighted by molar-refractivity contribution is -0.135. The lowest BCUT2D eigenvalue weighted by atomic mass is 9.96. The Morgan fingerprint density at radius 2 is 1.39 bits per heavy atom. The van der Waals surface area contributed by atoms with Gasteiger partial charge in [-0.05, 0) is 43.2 Å². The molecule has 16 nitrogen and oxygen atoms in total. The molecule has 0 aromatic heterocycles. The lowest BCUT2D eigenvalue weighted by Crippen LogP contribution is -2.60. The quantitative estimate of drug-likeness (QED) is 0.0753. The van der Waals surface area contributed by atoms with Gasteiger partial charge in [0.1, 0.15) is 24.2 Å². The highest BCUT2D eigenvalue weighted by atomic mass is 16.2. The predicted molar refractivity (Wildman–Crippen MR) is 172 cm³/mol. The van der Waals surface area contributed by atoms with E-state index in [0.717, 1.165) is 0 Å². The first-order chi connectivity index (χ1) is 21.7. The summed E-state index contributed by atoms with van der Waals surface area (Å²) in [6.45, 7) is 8.17. The largest absolute Gasteiger partial charge is 0.370 e. The number of amides is 8. The molecule has 0 radical (unpaired) electrons. The number of carbonyl (C=O) groups is 7. The van der Waals surface area contributed by atoms with Gasteiger partial charge >= 0.3 is 6.03 Å². The molecule has 0 saturated heterocycles. The van der Waals surface area contributed by atoms with Crippen molar-refractivity contribution in [3.8, 4) is 0 Å². The standard InChI is InChI=1S/C30H47N9O7/c1-6-18(4)25(29(45)37-24(17(2)3)26(32)42)38-28(44)22(14-15-23(31)41)36-27(43)21(34-19(5)40)13-10-16-33-39-30(46)35-20-11-8-7-9-12-20/h7-9,11-12,16-18,21-22,24-25H,6,10,13-15H2,1-5H3,(H2,31,41)(H2,32,42)(H,34,40)(H,36,43)(H,37,45)(H,38,44)(H2,35,39,46)/b33-16-/t18-,21+,22+,24+,25+/m1/s1. The van der Waals surface area contributed by atoms with Gasteiger partial charge in [-0.2, -0.15) is 5.10 Å². The average Bonchev–Trinajstić information content (AvgIpc) is 2.98. The molecule has 1 aromatic rings. The molecule has 16 heteroatoms. The molecule has 0 aliphatic carbocycles. The van der Waals surface area contributed by atoms with Crippen molar-refractivity contribution in [2.24, 2.45) is 28.4 Å². The first-order valence-electron chi connectivity index (χ1n) is 15.1. The van der Waals surface area contributed by atoms with Crippen molar-refractivity contribution >= 4 is 53.4 Å². The first-order valence-corrected chi connectivity index (χ1v) is 15.1. The van der Waals surface area contributed by atoms with Gasteiger partial charge in [0.25, 0.3) is 0 Å². The van der Waals surface area contributed by atoms with Gasteiger partial charge in [-0.1, -0.05) is 52.3 Å².